The van der Waals surface area contributed by atoms with Gasteiger partial charge >= 0.3 is 0 Å². The van der Waals surface area contributed by atoms with E-state index in [-0.39, 0.29) is 12.4 Å². The molecule has 5 nitrogen and oxygen atoms in total. The van der Waals surface area contributed by atoms with Crippen molar-refractivity contribution in [3.05, 3.63) is 35.0 Å². The van der Waals surface area contributed by atoms with E-state index in [1.54, 1.807) is 12.1 Å². The predicted molar refractivity (Wildman–Crippen MR) is 85.7 cm³/mol. The van der Waals surface area contributed by atoms with Crippen molar-refractivity contribution < 1.29 is 17.6 Å². The third kappa shape index (κ3) is 4.25. The minimum Gasteiger partial charge on any atom is -0.350 e. The van der Waals surface area contributed by atoms with Crippen molar-refractivity contribution in [2.75, 3.05) is 6.26 Å². The predicted octanol–water partition coefficient (Wildman–Crippen LogP) is 1.98. The first-order chi connectivity index (χ1) is 10.1. The summed E-state index contributed by atoms with van der Waals surface area (Å²) in [6.45, 7) is 3.24. The summed E-state index contributed by atoms with van der Waals surface area (Å²) in [6.07, 6.45) is 1.00. The highest BCUT2D eigenvalue weighted by Crippen LogP contribution is 2.26. The Bertz CT molecular complexity index is 813. The first kappa shape index (κ1) is 16.9. The van der Waals surface area contributed by atoms with Crippen molar-refractivity contribution >= 4 is 37.4 Å². The average Bonchev–Trinajstić information content (AvgIpc) is 2.74. The highest BCUT2D eigenvalue weighted by Gasteiger charge is 2.30. The molecule has 1 amide bonds. The van der Waals surface area contributed by atoms with Gasteiger partial charge in [-0.3, -0.25) is 4.79 Å². The Morgan fingerprint density at radius 2 is 2.00 bits per heavy atom. The molecule has 2 N–H and O–H groups in total. The number of nitrogens with one attached hydrogen (secondary N) is 2. The molecular weight excluding hydrogens is 327 g/mol. The topological polar surface area (TPSA) is 75.3 Å². The highest BCUT2D eigenvalue weighted by molar-refractivity contribution is 7.88. The van der Waals surface area contributed by atoms with E-state index in [2.05, 4.69) is 10.0 Å². The largest absolute Gasteiger partial charge is 0.350 e. The van der Waals surface area contributed by atoms with E-state index in [1.165, 1.54) is 37.3 Å². The fourth-order valence-electron chi connectivity index (χ4n) is 2.05. The zero-order valence-electron chi connectivity index (χ0n) is 12.4. The molecule has 2 rings (SSSR count). The van der Waals surface area contributed by atoms with Crippen LogP contribution in [0.4, 0.5) is 4.39 Å². The van der Waals surface area contributed by atoms with Crippen LogP contribution in [0.5, 0.6) is 0 Å². The molecule has 0 aliphatic heterocycles. The number of benzene rings is 1. The second-order valence-electron chi connectivity index (χ2n) is 5.58. The molecule has 8 heteroatoms. The summed E-state index contributed by atoms with van der Waals surface area (Å²) in [5.41, 5.74) is -1.24. The summed E-state index contributed by atoms with van der Waals surface area (Å²) in [5, 5.41) is 3.47. The van der Waals surface area contributed by atoms with Gasteiger partial charge in [0.15, 0.2) is 0 Å². The van der Waals surface area contributed by atoms with Gasteiger partial charge in [0.05, 0.1) is 12.8 Å². The van der Waals surface area contributed by atoms with Crippen molar-refractivity contribution in [2.24, 2.45) is 0 Å². The molecule has 0 saturated heterocycles. The van der Waals surface area contributed by atoms with Crippen LogP contribution in [0.2, 0.25) is 0 Å². The number of hydrogen-bond donors (Lipinski definition) is 2. The van der Waals surface area contributed by atoms with E-state index in [4.69, 9.17) is 0 Å². The molecule has 0 saturated carbocycles. The van der Waals surface area contributed by atoms with Crippen molar-refractivity contribution in [3.8, 4) is 0 Å². The fourth-order valence-corrected chi connectivity index (χ4v) is 4.06. The molecule has 0 aliphatic rings. The lowest BCUT2D eigenvalue weighted by molar-refractivity contribution is -0.125. The summed E-state index contributed by atoms with van der Waals surface area (Å²) in [6, 6.07) is 6.32. The fraction of sp³-hybridized carbons (Fsp3) is 0.357. The van der Waals surface area contributed by atoms with Crippen LogP contribution in [0.3, 0.4) is 0 Å². The third-order valence-corrected chi connectivity index (χ3v) is 4.96. The number of hydrogen-bond acceptors (Lipinski definition) is 4. The van der Waals surface area contributed by atoms with Crippen LogP contribution in [0, 0.1) is 5.82 Å². The summed E-state index contributed by atoms with van der Waals surface area (Å²) < 4.78 is 38.9. The number of carbonyl (C=O) groups excluding carboxylic acids is 1. The third-order valence-electron chi connectivity index (χ3n) is 2.96. The zero-order valence-corrected chi connectivity index (χ0v) is 14.1. The summed E-state index contributed by atoms with van der Waals surface area (Å²) >= 11 is 1.45. The molecule has 0 unspecified atom stereocenters. The zero-order chi connectivity index (χ0) is 16.5. The molecule has 0 atom stereocenters. The van der Waals surface area contributed by atoms with Gasteiger partial charge in [0.1, 0.15) is 11.4 Å². The second-order valence-corrected chi connectivity index (χ2v) is 8.49. The SMILES string of the molecule is CC(C)(NS(C)(=O)=O)C(=O)NCc1cc2cc(F)ccc2s1. The monoisotopic (exact) mass is 344 g/mol. The minimum atomic E-state index is -3.48. The number of halogens is 1. The van der Waals surface area contributed by atoms with E-state index in [0.717, 1.165) is 21.2 Å². The molecule has 0 aliphatic carbocycles. The van der Waals surface area contributed by atoms with E-state index in [9.17, 15) is 17.6 Å². The number of thiophene rings is 1. The van der Waals surface area contributed by atoms with Crippen molar-refractivity contribution in [1.82, 2.24) is 10.0 Å². The van der Waals surface area contributed by atoms with Crippen LogP contribution in [0.25, 0.3) is 10.1 Å². The number of amides is 1. The maximum Gasteiger partial charge on any atom is 0.241 e. The van der Waals surface area contributed by atoms with Crippen molar-refractivity contribution in [1.29, 1.82) is 0 Å². The molecule has 22 heavy (non-hydrogen) atoms. The van der Waals surface area contributed by atoms with Gasteiger partial charge in [0.25, 0.3) is 0 Å². The molecule has 120 valence electrons. The van der Waals surface area contributed by atoms with Gasteiger partial charge < -0.3 is 5.32 Å². The first-order valence-corrected chi connectivity index (χ1v) is 9.23. The molecule has 0 bridgehead atoms. The van der Waals surface area contributed by atoms with Crippen LogP contribution in [-0.2, 0) is 21.4 Å². The van der Waals surface area contributed by atoms with Crippen LogP contribution in [0.15, 0.2) is 24.3 Å². The Balaban J connectivity index is 2.06. The maximum atomic E-state index is 13.1. The van der Waals surface area contributed by atoms with Gasteiger partial charge in [0, 0.05) is 9.58 Å². The van der Waals surface area contributed by atoms with Crippen molar-refractivity contribution in [2.45, 2.75) is 25.9 Å². The van der Waals surface area contributed by atoms with Crippen LogP contribution in [0.1, 0.15) is 18.7 Å². The molecule has 2 aromatic rings. The van der Waals surface area contributed by atoms with E-state index < -0.39 is 21.5 Å². The summed E-state index contributed by atoms with van der Waals surface area (Å²) in [5.74, 6) is -0.735. The lowest BCUT2D eigenvalue weighted by Gasteiger charge is -2.23. The Morgan fingerprint density at radius 3 is 2.64 bits per heavy atom. The Morgan fingerprint density at radius 1 is 1.32 bits per heavy atom. The Kier molecular flexibility index (Phi) is 4.55. The molecule has 0 fully saturated rings. The standard InChI is InChI=1S/C14H17FN2O3S2/c1-14(2,17-22(3,19)20)13(18)16-8-11-7-9-6-10(15)4-5-12(9)21-11/h4-7,17H,8H2,1-3H3,(H,16,18). The number of carbonyl (C=O) groups is 1. The second kappa shape index (κ2) is 5.94. The average molecular weight is 344 g/mol. The Labute approximate surface area is 132 Å². The molecule has 1 heterocycles. The summed E-state index contributed by atoms with van der Waals surface area (Å²) in [4.78, 5) is 13.0. The van der Waals surface area contributed by atoms with E-state index >= 15 is 0 Å². The first-order valence-electron chi connectivity index (χ1n) is 6.52. The normalized spacial score (nSPS) is 12.5. The van der Waals surface area contributed by atoms with Gasteiger partial charge in [0.2, 0.25) is 15.9 Å². The number of fused-ring (bicyclic) bond motifs is 1. The van der Waals surface area contributed by atoms with Crippen LogP contribution in [-0.4, -0.2) is 26.1 Å². The highest BCUT2D eigenvalue weighted by atomic mass is 32.2. The maximum absolute atomic E-state index is 13.1. The quantitative estimate of drug-likeness (QED) is 0.871. The lowest BCUT2D eigenvalue weighted by atomic mass is 10.1. The van der Waals surface area contributed by atoms with Gasteiger partial charge in [-0.15, -0.1) is 11.3 Å². The molecule has 0 radical (unpaired) electrons. The van der Waals surface area contributed by atoms with Crippen LogP contribution < -0.4 is 10.0 Å². The molecular formula is C14H17FN2O3S2. The Hall–Kier alpha value is -1.51. The van der Waals surface area contributed by atoms with Crippen molar-refractivity contribution in [3.63, 3.8) is 0 Å². The van der Waals surface area contributed by atoms with Crippen LogP contribution >= 0.6 is 11.3 Å². The lowest BCUT2D eigenvalue weighted by Crippen LogP contribution is -2.54. The smallest absolute Gasteiger partial charge is 0.241 e. The van der Waals surface area contributed by atoms with E-state index in [0.29, 0.717) is 0 Å². The molecule has 1 aromatic carbocycles. The minimum absolute atomic E-state index is 0.259. The van der Waals surface area contributed by atoms with Gasteiger partial charge in [-0.2, -0.15) is 0 Å². The number of rotatable bonds is 5. The summed E-state index contributed by atoms with van der Waals surface area (Å²) in [7, 11) is -3.48. The molecule has 1 aromatic heterocycles. The van der Waals surface area contributed by atoms with Gasteiger partial charge in [-0.05, 0) is 43.5 Å². The number of sulfonamides is 1. The molecule has 0 spiro atoms. The van der Waals surface area contributed by atoms with Gasteiger partial charge in [-0.25, -0.2) is 17.5 Å². The van der Waals surface area contributed by atoms with Gasteiger partial charge in [-0.1, -0.05) is 0 Å². The van der Waals surface area contributed by atoms with E-state index in [1.807, 2.05) is 0 Å².